The molecule has 2 aromatic carbocycles. The van der Waals surface area contributed by atoms with Crippen molar-refractivity contribution >= 4 is 28.9 Å². The van der Waals surface area contributed by atoms with Gasteiger partial charge in [-0.05, 0) is 43.3 Å². The van der Waals surface area contributed by atoms with Crippen LogP contribution < -0.4 is 10.6 Å². The number of carbonyl (C=O) groups excluding carboxylic acids is 2. The van der Waals surface area contributed by atoms with Crippen LogP contribution in [0.25, 0.3) is 0 Å². The van der Waals surface area contributed by atoms with Gasteiger partial charge in [0.1, 0.15) is 0 Å². The van der Waals surface area contributed by atoms with Crippen LogP contribution in [-0.4, -0.2) is 19.0 Å². The van der Waals surface area contributed by atoms with Gasteiger partial charge < -0.3 is 15.4 Å². The van der Waals surface area contributed by atoms with Crippen LogP contribution in [0.5, 0.6) is 0 Å². The second-order valence-electron chi connectivity index (χ2n) is 5.19. The molecule has 0 saturated carbocycles. The third-order valence-electron chi connectivity index (χ3n) is 3.29. The quantitative estimate of drug-likeness (QED) is 0.799. The van der Waals surface area contributed by atoms with Crippen molar-refractivity contribution in [2.45, 2.75) is 19.8 Å². The Labute approximate surface area is 135 Å². The van der Waals surface area contributed by atoms with Crippen LogP contribution in [0.15, 0.2) is 48.5 Å². The first-order chi connectivity index (χ1) is 11.1. The van der Waals surface area contributed by atoms with Crippen LogP contribution in [0.4, 0.5) is 17.1 Å². The highest BCUT2D eigenvalue weighted by Crippen LogP contribution is 2.19. The number of carbonyl (C=O) groups is 2. The summed E-state index contributed by atoms with van der Waals surface area (Å²) in [6, 6.07) is 15.5. The van der Waals surface area contributed by atoms with Gasteiger partial charge in [-0.3, -0.25) is 9.59 Å². The molecule has 5 nitrogen and oxygen atoms in total. The van der Waals surface area contributed by atoms with Gasteiger partial charge in [0.15, 0.2) is 0 Å². The van der Waals surface area contributed by atoms with E-state index in [1.165, 1.54) is 12.7 Å². The van der Waals surface area contributed by atoms with Crippen LogP contribution in [0.3, 0.4) is 0 Å². The summed E-state index contributed by atoms with van der Waals surface area (Å²) < 4.78 is 4.50. The molecule has 0 atom stereocenters. The van der Waals surface area contributed by atoms with Gasteiger partial charge in [-0.2, -0.15) is 0 Å². The highest BCUT2D eigenvalue weighted by atomic mass is 16.5. The normalized spacial score (nSPS) is 10.0. The molecule has 0 aromatic heterocycles. The number of hydrogen-bond donors (Lipinski definition) is 2. The van der Waals surface area contributed by atoms with E-state index in [1.807, 2.05) is 55.5 Å². The molecule has 0 bridgehead atoms. The van der Waals surface area contributed by atoms with Crippen molar-refractivity contribution in [3.05, 3.63) is 54.1 Å². The zero-order chi connectivity index (χ0) is 16.7. The zero-order valence-corrected chi connectivity index (χ0v) is 13.3. The summed E-state index contributed by atoms with van der Waals surface area (Å²) in [6.07, 6.45) is 0.186. The molecule has 0 aliphatic carbocycles. The summed E-state index contributed by atoms with van der Waals surface area (Å²) in [6.45, 7) is 2.04. The molecule has 0 radical (unpaired) electrons. The van der Waals surface area contributed by atoms with E-state index in [9.17, 15) is 9.59 Å². The van der Waals surface area contributed by atoms with E-state index in [0.29, 0.717) is 5.69 Å². The maximum atomic E-state index is 11.7. The molecule has 0 aliphatic rings. The number of amides is 1. The summed E-state index contributed by atoms with van der Waals surface area (Å²) in [5.74, 6) is -0.604. The summed E-state index contributed by atoms with van der Waals surface area (Å²) >= 11 is 0. The van der Waals surface area contributed by atoms with Gasteiger partial charge in [-0.1, -0.05) is 17.7 Å². The number of hydrogen-bond acceptors (Lipinski definition) is 4. The number of rotatable bonds is 6. The third-order valence-corrected chi connectivity index (χ3v) is 3.29. The van der Waals surface area contributed by atoms with Gasteiger partial charge in [0.2, 0.25) is 5.91 Å². The lowest BCUT2D eigenvalue weighted by Gasteiger charge is -2.09. The second kappa shape index (κ2) is 7.98. The minimum absolute atomic E-state index is 0.0788. The average Bonchev–Trinajstić information content (AvgIpc) is 2.56. The minimum atomic E-state index is -0.391. The summed E-state index contributed by atoms with van der Waals surface area (Å²) in [5, 5.41) is 6.03. The Balaban J connectivity index is 1.87. The van der Waals surface area contributed by atoms with Gasteiger partial charge >= 0.3 is 5.97 Å². The van der Waals surface area contributed by atoms with Crippen molar-refractivity contribution < 1.29 is 14.3 Å². The van der Waals surface area contributed by atoms with Crippen molar-refractivity contribution in [1.82, 2.24) is 0 Å². The van der Waals surface area contributed by atoms with Crippen LogP contribution in [-0.2, 0) is 14.3 Å². The molecule has 23 heavy (non-hydrogen) atoms. The molecule has 0 spiro atoms. The molecular weight excluding hydrogens is 292 g/mol. The summed E-state index contributed by atoms with van der Waals surface area (Å²) in [5.41, 5.74) is 3.83. The lowest BCUT2D eigenvalue weighted by Crippen LogP contribution is -2.13. The fourth-order valence-corrected chi connectivity index (χ4v) is 1.98. The first-order valence-electron chi connectivity index (χ1n) is 7.37. The lowest BCUT2D eigenvalue weighted by molar-refractivity contribution is -0.141. The molecule has 1 amide bonds. The number of ether oxygens (including phenoxy) is 1. The highest BCUT2D eigenvalue weighted by molar-refractivity contribution is 5.92. The minimum Gasteiger partial charge on any atom is -0.469 e. The van der Waals surface area contributed by atoms with Crippen LogP contribution >= 0.6 is 0 Å². The highest BCUT2D eigenvalue weighted by Gasteiger charge is 2.07. The predicted octanol–water partition coefficient (Wildman–Crippen LogP) is 3.63. The third kappa shape index (κ3) is 5.47. The van der Waals surface area contributed by atoms with E-state index >= 15 is 0 Å². The molecule has 2 N–H and O–H groups in total. The van der Waals surface area contributed by atoms with E-state index in [4.69, 9.17) is 0 Å². The predicted molar refractivity (Wildman–Crippen MR) is 90.8 cm³/mol. The SMILES string of the molecule is COC(=O)CCC(=O)Nc1ccc(Nc2ccc(C)cc2)cc1. The first-order valence-corrected chi connectivity index (χ1v) is 7.37. The fourth-order valence-electron chi connectivity index (χ4n) is 1.98. The number of benzene rings is 2. The van der Waals surface area contributed by atoms with Crippen molar-refractivity contribution in [3.63, 3.8) is 0 Å². The second-order valence-corrected chi connectivity index (χ2v) is 5.19. The Morgan fingerprint density at radius 2 is 1.39 bits per heavy atom. The Kier molecular flexibility index (Phi) is 5.74. The molecule has 2 aromatic rings. The summed E-state index contributed by atoms with van der Waals surface area (Å²) in [4.78, 5) is 22.7. The van der Waals surface area contributed by atoms with Gasteiger partial charge in [0.05, 0.1) is 13.5 Å². The largest absolute Gasteiger partial charge is 0.469 e. The van der Waals surface area contributed by atoms with E-state index in [1.54, 1.807) is 0 Å². The number of methoxy groups -OCH3 is 1. The molecule has 2 rings (SSSR count). The maximum absolute atomic E-state index is 11.7. The Morgan fingerprint density at radius 1 is 0.870 bits per heavy atom. The van der Waals surface area contributed by atoms with Crippen molar-refractivity contribution in [1.29, 1.82) is 0 Å². The fraction of sp³-hybridized carbons (Fsp3) is 0.222. The Bertz CT molecular complexity index is 664. The van der Waals surface area contributed by atoms with Crippen molar-refractivity contribution in [2.75, 3.05) is 17.7 Å². The molecule has 120 valence electrons. The maximum Gasteiger partial charge on any atom is 0.306 e. The van der Waals surface area contributed by atoms with E-state index in [-0.39, 0.29) is 18.7 Å². The van der Waals surface area contributed by atoms with Gasteiger partial charge in [0.25, 0.3) is 0 Å². The van der Waals surface area contributed by atoms with Gasteiger partial charge in [-0.15, -0.1) is 0 Å². The van der Waals surface area contributed by atoms with Gasteiger partial charge in [0, 0.05) is 23.5 Å². The van der Waals surface area contributed by atoms with Crippen LogP contribution in [0, 0.1) is 6.92 Å². The van der Waals surface area contributed by atoms with E-state index < -0.39 is 5.97 Å². The molecule has 0 unspecified atom stereocenters. The topological polar surface area (TPSA) is 67.4 Å². The standard InChI is InChI=1S/C18H20N2O3/c1-13-3-5-14(6-4-13)19-15-7-9-16(10-8-15)20-17(21)11-12-18(22)23-2/h3-10,19H,11-12H2,1-2H3,(H,20,21). The summed E-state index contributed by atoms with van der Waals surface area (Å²) in [7, 11) is 1.31. The molecule has 0 heterocycles. The molecule has 5 heteroatoms. The molecule has 0 fully saturated rings. The molecule has 0 saturated heterocycles. The smallest absolute Gasteiger partial charge is 0.306 e. The number of esters is 1. The van der Waals surface area contributed by atoms with Crippen molar-refractivity contribution in [3.8, 4) is 0 Å². The zero-order valence-electron chi connectivity index (χ0n) is 13.3. The van der Waals surface area contributed by atoms with Crippen LogP contribution in [0.2, 0.25) is 0 Å². The van der Waals surface area contributed by atoms with Crippen LogP contribution in [0.1, 0.15) is 18.4 Å². The molecule has 0 aliphatic heterocycles. The number of aryl methyl sites for hydroxylation is 1. The average molecular weight is 312 g/mol. The Hall–Kier alpha value is -2.82. The van der Waals surface area contributed by atoms with Crippen molar-refractivity contribution in [2.24, 2.45) is 0 Å². The van der Waals surface area contributed by atoms with E-state index in [0.717, 1.165) is 11.4 Å². The van der Waals surface area contributed by atoms with Gasteiger partial charge in [-0.25, -0.2) is 0 Å². The number of anilines is 3. The monoisotopic (exact) mass is 312 g/mol. The lowest BCUT2D eigenvalue weighted by atomic mass is 10.2. The first kappa shape index (κ1) is 16.5. The van der Waals surface area contributed by atoms with E-state index in [2.05, 4.69) is 15.4 Å². The Morgan fingerprint density at radius 3 is 1.96 bits per heavy atom. The molecular formula is C18H20N2O3. The number of nitrogens with one attached hydrogen (secondary N) is 2.